The predicted molar refractivity (Wildman–Crippen MR) is 109 cm³/mol. The molecule has 0 aliphatic carbocycles. The maximum atomic E-state index is 14.9. The highest BCUT2D eigenvalue weighted by Gasteiger charge is 2.62. The van der Waals surface area contributed by atoms with Crippen molar-refractivity contribution in [3.8, 4) is 6.07 Å². The first-order valence-electron chi connectivity index (χ1n) is 9.41. The fourth-order valence-electron chi connectivity index (χ4n) is 3.91. The van der Waals surface area contributed by atoms with Gasteiger partial charge in [-0.2, -0.15) is 18.4 Å². The number of benzene rings is 1. The third-order valence-corrected chi connectivity index (χ3v) is 6.35. The monoisotopic (exact) mass is 467 g/mol. The van der Waals surface area contributed by atoms with Crippen LogP contribution < -0.4 is 11.1 Å². The molecule has 4 rings (SSSR count). The number of fused-ring (bicyclic) bond motifs is 1. The van der Waals surface area contributed by atoms with E-state index in [0.29, 0.717) is 5.56 Å². The van der Waals surface area contributed by atoms with Gasteiger partial charge in [0, 0.05) is 29.1 Å². The number of anilines is 1. The molecule has 7 nitrogen and oxygen atoms in total. The van der Waals surface area contributed by atoms with E-state index in [9.17, 15) is 22.7 Å². The van der Waals surface area contributed by atoms with Crippen molar-refractivity contribution >= 4 is 22.6 Å². The van der Waals surface area contributed by atoms with Crippen molar-refractivity contribution in [2.24, 2.45) is 16.6 Å². The number of pyridine rings is 1. The molecule has 32 heavy (non-hydrogen) atoms. The zero-order valence-electron chi connectivity index (χ0n) is 16.3. The number of nitrogens with one attached hydrogen (secondary N) is 1. The number of nitriles is 1. The van der Waals surface area contributed by atoms with Crippen molar-refractivity contribution in [3.63, 3.8) is 0 Å². The summed E-state index contributed by atoms with van der Waals surface area (Å²) in [6, 6.07) is 8.53. The average Bonchev–Trinajstić information content (AvgIpc) is 3.15. The Morgan fingerprint density at radius 2 is 2.12 bits per heavy atom. The number of halogens is 4. The van der Waals surface area contributed by atoms with E-state index < -0.39 is 42.4 Å². The van der Waals surface area contributed by atoms with E-state index in [-0.39, 0.29) is 27.9 Å². The molecule has 3 heterocycles. The first-order chi connectivity index (χ1) is 15.1. The number of alkyl halides is 3. The molecule has 12 heteroatoms. The molecule has 2 aromatic rings. The molecular weight excluding hydrogens is 450 g/mol. The second kappa shape index (κ2) is 8.23. The molecule has 1 fully saturated rings. The average molecular weight is 467 g/mol. The molecule has 2 aliphatic heterocycles. The van der Waals surface area contributed by atoms with Gasteiger partial charge in [0.05, 0.1) is 17.9 Å². The van der Waals surface area contributed by atoms with Crippen LogP contribution in [0.3, 0.4) is 0 Å². The number of thioether (sulfide) groups is 1. The van der Waals surface area contributed by atoms with Crippen LogP contribution in [0.15, 0.2) is 41.5 Å². The minimum atomic E-state index is -4.64. The largest absolute Gasteiger partial charge is 0.415 e. The van der Waals surface area contributed by atoms with E-state index in [1.54, 1.807) is 0 Å². The number of hydrogen-bond acceptors (Lipinski definition) is 8. The van der Waals surface area contributed by atoms with Gasteiger partial charge in [0.25, 0.3) is 0 Å². The maximum Gasteiger partial charge on any atom is 0.415 e. The molecule has 0 radical (unpaired) electrons. The third-order valence-electron chi connectivity index (χ3n) is 5.44. The molecular formula is C20H17F4N5O2S. The van der Waals surface area contributed by atoms with E-state index in [0.717, 1.165) is 17.8 Å². The Morgan fingerprint density at radius 1 is 1.34 bits per heavy atom. The highest BCUT2D eigenvalue weighted by Crippen LogP contribution is 2.52. The van der Waals surface area contributed by atoms with Crippen molar-refractivity contribution in [3.05, 3.63) is 59.2 Å². The van der Waals surface area contributed by atoms with Gasteiger partial charge in [0.15, 0.2) is 17.5 Å². The van der Waals surface area contributed by atoms with Gasteiger partial charge in [-0.1, -0.05) is 11.8 Å². The van der Waals surface area contributed by atoms with Crippen LogP contribution in [0.1, 0.15) is 23.0 Å². The van der Waals surface area contributed by atoms with Crippen molar-refractivity contribution in [2.75, 3.05) is 17.7 Å². The Kier molecular flexibility index (Phi) is 5.74. The number of amidine groups is 1. The Balaban J connectivity index is 1.68. The summed E-state index contributed by atoms with van der Waals surface area (Å²) in [7, 11) is 0. The Hall–Kier alpha value is -2.88. The lowest BCUT2D eigenvalue weighted by molar-refractivity contribution is -0.215. The van der Waals surface area contributed by atoms with Gasteiger partial charge in [-0.3, -0.25) is 4.98 Å². The van der Waals surface area contributed by atoms with Crippen molar-refractivity contribution in [2.45, 2.75) is 24.0 Å². The smallest absolute Gasteiger partial charge is 0.379 e. The molecule has 0 saturated carbocycles. The van der Waals surface area contributed by atoms with Gasteiger partial charge in [-0.25, -0.2) is 9.38 Å². The molecule has 1 aromatic heterocycles. The molecule has 168 valence electrons. The van der Waals surface area contributed by atoms with Gasteiger partial charge < -0.3 is 20.9 Å². The standard InChI is InChI=1S/C20H17F4N5O2S/c21-14-3-2-11(28-17(30)15-4-1-10(6-25)7-27-15)5-12(14)19-9-31-16(20(22,23)24)13(19)8-32-18(26)29-19/h1-5,7,13,16-17,28,30H,8-9H2,(H2,26,29). The Bertz CT molecular complexity index is 1090. The van der Waals surface area contributed by atoms with Crippen LogP contribution in [-0.4, -0.2) is 39.9 Å². The van der Waals surface area contributed by atoms with Crippen molar-refractivity contribution in [1.82, 2.24) is 4.98 Å². The number of aliphatic hydroxyl groups is 1. The first kappa shape index (κ1) is 22.3. The number of hydrogen-bond donors (Lipinski definition) is 3. The highest BCUT2D eigenvalue weighted by molar-refractivity contribution is 8.13. The molecule has 2 aliphatic rings. The van der Waals surface area contributed by atoms with Crippen LogP contribution in [0.25, 0.3) is 0 Å². The minimum absolute atomic E-state index is 0.0333. The SMILES string of the molecule is N#Cc1ccc(C(O)Nc2ccc(F)c(C34COC(C(F)(F)F)C3CSC(N)=N4)c2)nc1. The third kappa shape index (κ3) is 3.99. The topological polar surface area (TPSA) is 117 Å². The minimum Gasteiger partial charge on any atom is -0.379 e. The summed E-state index contributed by atoms with van der Waals surface area (Å²) in [5.41, 5.74) is 4.79. The summed E-state index contributed by atoms with van der Waals surface area (Å²) in [6.07, 6.45) is -6.77. The van der Waals surface area contributed by atoms with Gasteiger partial charge in [-0.05, 0) is 30.3 Å². The zero-order chi connectivity index (χ0) is 23.1. The number of aliphatic hydroxyl groups excluding tert-OH is 1. The summed E-state index contributed by atoms with van der Waals surface area (Å²) in [5.74, 6) is -1.97. The van der Waals surface area contributed by atoms with E-state index in [1.165, 1.54) is 30.5 Å². The normalized spacial score (nSPS) is 26.1. The molecule has 0 amide bonds. The van der Waals surface area contributed by atoms with Crippen LogP contribution in [0.5, 0.6) is 0 Å². The van der Waals surface area contributed by atoms with E-state index in [4.69, 9.17) is 15.7 Å². The summed E-state index contributed by atoms with van der Waals surface area (Å²) in [6.45, 7) is -0.483. The second-order valence-corrected chi connectivity index (χ2v) is 8.43. The molecule has 0 spiro atoms. The van der Waals surface area contributed by atoms with E-state index in [2.05, 4.69) is 15.3 Å². The molecule has 4 atom stereocenters. The molecule has 1 aromatic carbocycles. The van der Waals surface area contributed by atoms with Gasteiger partial charge in [0.1, 0.15) is 17.4 Å². The molecule has 0 bridgehead atoms. The highest BCUT2D eigenvalue weighted by atomic mass is 32.2. The van der Waals surface area contributed by atoms with Crippen molar-refractivity contribution < 1.29 is 27.4 Å². The van der Waals surface area contributed by atoms with Crippen LogP contribution in [0.2, 0.25) is 0 Å². The first-order valence-corrected chi connectivity index (χ1v) is 10.4. The number of aliphatic imine (C=N–C) groups is 1. The van der Waals surface area contributed by atoms with Crippen molar-refractivity contribution in [1.29, 1.82) is 5.26 Å². The van der Waals surface area contributed by atoms with Gasteiger partial charge in [-0.15, -0.1) is 0 Å². The quantitative estimate of drug-likeness (QED) is 0.468. The lowest BCUT2D eigenvalue weighted by atomic mass is 9.78. The van der Waals surface area contributed by atoms with E-state index >= 15 is 0 Å². The molecule has 1 saturated heterocycles. The zero-order valence-corrected chi connectivity index (χ0v) is 17.1. The number of rotatable bonds is 4. The summed E-state index contributed by atoms with van der Waals surface area (Å²) in [5, 5.41) is 22.0. The predicted octanol–water partition coefficient (Wildman–Crippen LogP) is 3.03. The maximum absolute atomic E-state index is 14.9. The van der Waals surface area contributed by atoms with E-state index in [1.807, 2.05) is 6.07 Å². The number of ether oxygens (including phenoxy) is 1. The number of nitrogens with zero attached hydrogens (tertiary/aromatic N) is 3. The van der Waals surface area contributed by atoms with Gasteiger partial charge in [0.2, 0.25) is 0 Å². The lowest BCUT2D eigenvalue weighted by Gasteiger charge is -2.36. The van der Waals surface area contributed by atoms with Crippen LogP contribution in [0.4, 0.5) is 23.2 Å². The van der Waals surface area contributed by atoms with Gasteiger partial charge >= 0.3 is 6.18 Å². The number of nitrogens with two attached hydrogens (primary N) is 1. The van der Waals surface area contributed by atoms with Crippen LogP contribution in [0, 0.1) is 23.1 Å². The fraction of sp³-hybridized carbons (Fsp3) is 0.350. The molecule has 4 unspecified atom stereocenters. The summed E-state index contributed by atoms with van der Waals surface area (Å²) >= 11 is 0.967. The summed E-state index contributed by atoms with van der Waals surface area (Å²) in [4.78, 5) is 8.21. The fourth-order valence-corrected chi connectivity index (χ4v) is 4.94. The Morgan fingerprint density at radius 3 is 2.78 bits per heavy atom. The second-order valence-electron chi connectivity index (χ2n) is 7.39. The Labute approximate surface area is 184 Å². The van der Waals surface area contributed by atoms with Crippen LogP contribution in [-0.2, 0) is 10.3 Å². The molecule has 4 N–H and O–H groups in total. The van der Waals surface area contributed by atoms with Crippen LogP contribution >= 0.6 is 11.8 Å². The summed E-state index contributed by atoms with van der Waals surface area (Å²) < 4.78 is 60.5. The number of aromatic nitrogens is 1. The lowest BCUT2D eigenvalue weighted by Crippen LogP contribution is -2.46.